The van der Waals surface area contributed by atoms with Gasteiger partial charge in [-0.1, -0.05) is 97.1 Å². The van der Waals surface area contributed by atoms with Gasteiger partial charge in [-0.05, 0) is 92.1 Å². The van der Waals surface area contributed by atoms with Crippen molar-refractivity contribution in [2.24, 2.45) is 5.92 Å². The van der Waals surface area contributed by atoms with Crippen LogP contribution in [0.5, 0.6) is 0 Å². The van der Waals surface area contributed by atoms with Crippen LogP contribution in [0, 0.1) is 19.8 Å². The first-order valence-corrected chi connectivity index (χ1v) is 20.1. The highest BCUT2D eigenvalue weighted by Crippen LogP contribution is 2.37. The Kier molecular flexibility index (Phi) is 12.7. The maximum atomic E-state index is 12.4. The number of nitrogens with one attached hydrogen (secondary N) is 3. The Hall–Kier alpha value is -5.15. The second-order valence-electron chi connectivity index (χ2n) is 15.8. The van der Waals surface area contributed by atoms with E-state index in [-0.39, 0.29) is 11.8 Å². The summed E-state index contributed by atoms with van der Waals surface area (Å²) in [4.78, 5) is 22.9. The standard InChI is InChI=1S/C24H28N4.C24H28N2O2/c1-17-6-4-5-7-22(17)20-8-10-21(11-9-20)24-18(2)27-23(24)15-28(3)14-19-12-25-16-26-13-19;1-16-5-3-4-6-21(16)18-7-9-19(10-8-18)23-17(2)26-22(23)15-25-24(27)20-11-13-28-14-12-20/h4-13,16,18,23-24,27H,14-15H2,1-3H3;3-10,15,17,20,23,26H,11-14H2,1-2H3,(H,25,27)/b;22-15-. The second kappa shape index (κ2) is 18.2. The molecule has 8 nitrogen and oxygen atoms in total. The van der Waals surface area contributed by atoms with Gasteiger partial charge in [0.05, 0.1) is 0 Å². The molecule has 3 aliphatic rings. The van der Waals surface area contributed by atoms with Crippen LogP contribution >= 0.6 is 0 Å². The number of ether oxygens (including phenoxy) is 1. The molecule has 5 unspecified atom stereocenters. The average molecular weight is 749 g/mol. The van der Waals surface area contributed by atoms with Gasteiger partial charge < -0.3 is 25.6 Å². The second-order valence-corrected chi connectivity index (χ2v) is 15.8. The lowest BCUT2D eigenvalue weighted by Crippen LogP contribution is -2.61. The number of likely N-dealkylation sites (N-methyl/N-ethyl adjacent to an activating group) is 1. The lowest BCUT2D eigenvalue weighted by molar-refractivity contribution is -0.126. The van der Waals surface area contributed by atoms with E-state index in [1.54, 1.807) is 6.33 Å². The number of hydrogen-bond donors (Lipinski definition) is 3. The zero-order chi connectivity index (χ0) is 39.0. The summed E-state index contributed by atoms with van der Waals surface area (Å²) in [5, 5.41) is 10.1. The monoisotopic (exact) mass is 748 g/mol. The molecule has 4 heterocycles. The molecule has 0 bridgehead atoms. The summed E-state index contributed by atoms with van der Waals surface area (Å²) >= 11 is 0. The predicted molar refractivity (Wildman–Crippen MR) is 226 cm³/mol. The Morgan fingerprint density at radius 3 is 1.93 bits per heavy atom. The number of hydrogen-bond acceptors (Lipinski definition) is 7. The lowest BCUT2D eigenvalue weighted by atomic mass is 9.77. The van der Waals surface area contributed by atoms with Crippen LogP contribution in [0.25, 0.3) is 22.3 Å². The summed E-state index contributed by atoms with van der Waals surface area (Å²) in [7, 11) is 2.16. The Balaban J connectivity index is 0.000000172. The van der Waals surface area contributed by atoms with Gasteiger partial charge in [0.25, 0.3) is 0 Å². The number of benzene rings is 4. The molecular formula is C48H56N6O2. The van der Waals surface area contributed by atoms with Crippen molar-refractivity contribution in [3.05, 3.63) is 155 Å². The first kappa shape index (κ1) is 39.1. The molecule has 5 atom stereocenters. The minimum absolute atomic E-state index is 0.0648. The smallest absolute Gasteiger partial charge is 0.227 e. The molecule has 8 rings (SSSR count). The van der Waals surface area contributed by atoms with E-state index >= 15 is 0 Å². The summed E-state index contributed by atoms with van der Waals surface area (Å²) < 4.78 is 5.34. The highest BCUT2D eigenvalue weighted by atomic mass is 16.5. The lowest BCUT2D eigenvalue weighted by Gasteiger charge is -2.46. The molecule has 3 saturated heterocycles. The Labute approximate surface area is 332 Å². The van der Waals surface area contributed by atoms with Crippen molar-refractivity contribution in [3.63, 3.8) is 0 Å². The van der Waals surface area contributed by atoms with E-state index in [0.29, 0.717) is 43.2 Å². The van der Waals surface area contributed by atoms with E-state index in [0.717, 1.165) is 37.2 Å². The third kappa shape index (κ3) is 9.27. The van der Waals surface area contributed by atoms with Crippen LogP contribution in [0.15, 0.2) is 128 Å². The van der Waals surface area contributed by atoms with E-state index in [4.69, 9.17) is 4.74 Å². The Bertz CT molecular complexity index is 2080. The van der Waals surface area contributed by atoms with E-state index in [9.17, 15) is 4.79 Å². The van der Waals surface area contributed by atoms with Crippen molar-refractivity contribution in [1.29, 1.82) is 0 Å². The molecule has 3 N–H and O–H groups in total. The van der Waals surface area contributed by atoms with E-state index < -0.39 is 0 Å². The number of carbonyl (C=O) groups is 1. The third-order valence-corrected chi connectivity index (χ3v) is 11.7. The topological polar surface area (TPSA) is 91.4 Å². The normalized spacial score (nSPS) is 22.6. The predicted octanol–water partition coefficient (Wildman–Crippen LogP) is 8.15. The van der Waals surface area contributed by atoms with Crippen molar-refractivity contribution < 1.29 is 9.53 Å². The first-order chi connectivity index (χ1) is 27.2. The summed E-state index contributed by atoms with van der Waals surface area (Å²) in [6, 6.07) is 36.3. The molecule has 0 aliphatic carbocycles. The van der Waals surface area contributed by atoms with Crippen LogP contribution in [-0.4, -0.2) is 65.7 Å². The Morgan fingerprint density at radius 2 is 1.38 bits per heavy atom. The van der Waals surface area contributed by atoms with Gasteiger partial charge >= 0.3 is 0 Å². The van der Waals surface area contributed by atoms with Crippen LogP contribution < -0.4 is 16.0 Å². The van der Waals surface area contributed by atoms with Crippen molar-refractivity contribution in [3.8, 4) is 22.3 Å². The van der Waals surface area contributed by atoms with Gasteiger partial charge in [0.15, 0.2) is 0 Å². The largest absolute Gasteiger partial charge is 0.383 e. The van der Waals surface area contributed by atoms with E-state index in [1.807, 2.05) is 18.6 Å². The zero-order valence-corrected chi connectivity index (χ0v) is 33.4. The molecule has 0 radical (unpaired) electrons. The fourth-order valence-corrected chi connectivity index (χ4v) is 8.57. The molecule has 290 valence electrons. The molecule has 3 fully saturated rings. The SMILES string of the molecule is Cc1ccccc1-c1ccc(C2/C(=C/NC(=O)C3CCOCC3)NC2C)cc1.Cc1ccccc1-c1ccc(C2C(C)NC2CN(C)Cc2cncnc2)cc1. The molecular weight excluding hydrogens is 693 g/mol. The molecule has 1 amide bonds. The van der Waals surface area contributed by atoms with E-state index in [2.05, 4.69) is 163 Å². The fourth-order valence-electron chi connectivity index (χ4n) is 8.57. The Morgan fingerprint density at radius 1 is 0.804 bits per heavy atom. The zero-order valence-electron chi connectivity index (χ0n) is 33.4. The molecule has 5 aromatic rings. The highest BCUT2D eigenvalue weighted by Gasteiger charge is 2.39. The first-order valence-electron chi connectivity index (χ1n) is 20.1. The maximum Gasteiger partial charge on any atom is 0.227 e. The molecule has 3 aliphatic heterocycles. The van der Waals surface area contributed by atoms with Gasteiger partial charge in [0.2, 0.25) is 5.91 Å². The number of amides is 1. The van der Waals surface area contributed by atoms with Crippen LogP contribution in [0.2, 0.25) is 0 Å². The van der Waals surface area contributed by atoms with Gasteiger partial charge in [0.1, 0.15) is 6.33 Å². The van der Waals surface area contributed by atoms with Crippen LogP contribution in [0.4, 0.5) is 0 Å². The minimum Gasteiger partial charge on any atom is -0.383 e. The quantitative estimate of drug-likeness (QED) is 0.133. The molecule has 1 aromatic heterocycles. The molecule has 56 heavy (non-hydrogen) atoms. The fraction of sp³-hybridized carbons (Fsp3) is 0.354. The van der Waals surface area contributed by atoms with Gasteiger partial charge in [-0.25, -0.2) is 9.97 Å². The van der Waals surface area contributed by atoms with Gasteiger partial charge in [-0.2, -0.15) is 0 Å². The molecule has 0 spiro atoms. The summed E-state index contributed by atoms with van der Waals surface area (Å²) in [6.45, 7) is 12.0. The van der Waals surface area contributed by atoms with Crippen molar-refractivity contribution >= 4 is 5.91 Å². The van der Waals surface area contributed by atoms with Crippen molar-refractivity contribution in [2.75, 3.05) is 26.8 Å². The maximum absolute atomic E-state index is 12.4. The van der Waals surface area contributed by atoms with Crippen molar-refractivity contribution in [1.82, 2.24) is 30.8 Å². The van der Waals surface area contributed by atoms with Crippen LogP contribution in [-0.2, 0) is 16.1 Å². The summed E-state index contributed by atoms with van der Waals surface area (Å²) in [6.07, 6.45) is 8.84. The summed E-state index contributed by atoms with van der Waals surface area (Å²) in [5.41, 5.74) is 12.6. The average Bonchev–Trinajstić information content (AvgIpc) is 3.21. The molecule has 8 heteroatoms. The van der Waals surface area contributed by atoms with Gasteiger partial charge in [-0.15, -0.1) is 0 Å². The molecule has 0 saturated carbocycles. The number of nitrogens with zero attached hydrogens (tertiary/aromatic N) is 3. The number of aromatic nitrogens is 2. The van der Waals surface area contributed by atoms with Gasteiger partial charge in [0, 0.05) is 92.0 Å². The number of rotatable bonds is 10. The third-order valence-electron chi connectivity index (χ3n) is 11.7. The summed E-state index contributed by atoms with van der Waals surface area (Å²) in [5.74, 6) is 1.00. The van der Waals surface area contributed by atoms with Crippen molar-refractivity contribution in [2.45, 2.75) is 77.0 Å². The minimum atomic E-state index is 0.0648. The van der Waals surface area contributed by atoms with E-state index in [1.165, 1.54) is 44.5 Å². The van der Waals surface area contributed by atoms with Crippen LogP contribution in [0.3, 0.4) is 0 Å². The highest BCUT2D eigenvalue weighted by molar-refractivity contribution is 5.79. The molecule has 4 aromatic carbocycles. The number of aryl methyl sites for hydroxylation is 2. The van der Waals surface area contributed by atoms with Gasteiger partial charge in [-0.3, -0.25) is 4.79 Å². The number of carbonyl (C=O) groups excluding carboxylic acids is 1. The van der Waals surface area contributed by atoms with Crippen LogP contribution in [0.1, 0.15) is 66.3 Å².